The second kappa shape index (κ2) is 8.90. The molecule has 0 saturated heterocycles. The molecule has 1 amide bonds. The average Bonchev–Trinajstić information content (AvgIpc) is 2.39. The molecule has 0 bridgehead atoms. The Morgan fingerprint density at radius 1 is 1.29 bits per heavy atom. The zero-order chi connectivity index (χ0) is 15.8. The summed E-state index contributed by atoms with van der Waals surface area (Å²) >= 11 is 11.8. The highest BCUT2D eigenvalue weighted by atomic mass is 35.5. The molecule has 0 aromatic heterocycles. The third-order valence-electron chi connectivity index (χ3n) is 3.18. The van der Waals surface area contributed by atoms with Crippen LogP contribution in [0.4, 0.5) is 0 Å². The quantitative estimate of drug-likeness (QED) is 0.765. The van der Waals surface area contributed by atoms with Crippen molar-refractivity contribution >= 4 is 35.1 Å². The van der Waals surface area contributed by atoms with Crippen molar-refractivity contribution in [2.45, 2.75) is 32.6 Å². The second-order valence-corrected chi connectivity index (χ2v) is 5.93. The number of hydrogen-bond donors (Lipinski definition) is 2. The Hall–Kier alpha value is -1.26. The van der Waals surface area contributed by atoms with Crippen molar-refractivity contribution < 1.29 is 14.7 Å². The van der Waals surface area contributed by atoms with Crippen LogP contribution in [0.1, 0.15) is 31.7 Å². The third-order valence-corrected chi connectivity index (χ3v) is 3.76. The molecule has 0 heterocycles. The first-order valence-electron chi connectivity index (χ1n) is 6.81. The number of carboxylic acid groups (broad SMARTS) is 1. The lowest BCUT2D eigenvalue weighted by Crippen LogP contribution is -2.27. The van der Waals surface area contributed by atoms with E-state index in [2.05, 4.69) is 5.32 Å². The monoisotopic (exact) mass is 331 g/mol. The molecule has 1 atom stereocenters. The fourth-order valence-corrected chi connectivity index (χ4v) is 2.35. The summed E-state index contributed by atoms with van der Waals surface area (Å²) in [6, 6.07) is 5.05. The normalized spacial score (nSPS) is 12.0. The minimum Gasteiger partial charge on any atom is -0.481 e. The van der Waals surface area contributed by atoms with Gasteiger partial charge in [0.2, 0.25) is 5.91 Å². The van der Waals surface area contributed by atoms with Crippen LogP contribution in [0.3, 0.4) is 0 Å². The maximum Gasteiger partial charge on any atom is 0.303 e. The number of carbonyl (C=O) groups excluding carboxylic acids is 1. The van der Waals surface area contributed by atoms with E-state index in [1.165, 1.54) is 0 Å². The van der Waals surface area contributed by atoms with Gasteiger partial charge in [0, 0.05) is 23.0 Å². The van der Waals surface area contributed by atoms with Crippen LogP contribution >= 0.6 is 23.2 Å². The summed E-state index contributed by atoms with van der Waals surface area (Å²) in [4.78, 5) is 22.3. The Balaban J connectivity index is 2.29. The molecule has 0 aliphatic rings. The number of carboxylic acids is 1. The van der Waals surface area contributed by atoms with Crippen LogP contribution in [-0.2, 0) is 16.0 Å². The second-order valence-electron chi connectivity index (χ2n) is 5.09. The predicted molar refractivity (Wildman–Crippen MR) is 83.8 cm³/mol. The van der Waals surface area contributed by atoms with Gasteiger partial charge in [-0.05, 0) is 36.5 Å². The van der Waals surface area contributed by atoms with Crippen LogP contribution in [0, 0.1) is 5.92 Å². The van der Waals surface area contributed by atoms with Crippen molar-refractivity contribution in [3.05, 3.63) is 33.8 Å². The van der Waals surface area contributed by atoms with Crippen molar-refractivity contribution in [2.75, 3.05) is 6.54 Å². The molecular formula is C15H19Cl2NO3. The number of rotatable bonds is 8. The van der Waals surface area contributed by atoms with Gasteiger partial charge < -0.3 is 10.4 Å². The smallest absolute Gasteiger partial charge is 0.303 e. The molecule has 0 radical (unpaired) electrons. The lowest BCUT2D eigenvalue weighted by molar-refractivity contribution is -0.137. The molecule has 116 valence electrons. The van der Waals surface area contributed by atoms with E-state index in [0.717, 1.165) is 12.0 Å². The van der Waals surface area contributed by atoms with Crippen molar-refractivity contribution in [3.63, 3.8) is 0 Å². The number of benzene rings is 1. The zero-order valence-electron chi connectivity index (χ0n) is 11.9. The van der Waals surface area contributed by atoms with Crippen LogP contribution in [0.2, 0.25) is 10.0 Å². The molecule has 0 saturated carbocycles. The molecule has 1 aromatic rings. The van der Waals surface area contributed by atoms with Crippen molar-refractivity contribution in [2.24, 2.45) is 5.92 Å². The molecule has 2 N–H and O–H groups in total. The fraction of sp³-hybridized carbons (Fsp3) is 0.467. The summed E-state index contributed by atoms with van der Waals surface area (Å²) in [6.45, 7) is 2.51. The number of halogens is 2. The Morgan fingerprint density at radius 3 is 2.62 bits per heavy atom. The van der Waals surface area contributed by atoms with Crippen molar-refractivity contribution in [1.29, 1.82) is 0 Å². The highest BCUT2D eigenvalue weighted by Gasteiger charge is 2.09. The Morgan fingerprint density at radius 2 is 2.00 bits per heavy atom. The minimum absolute atomic E-state index is 0.107. The van der Waals surface area contributed by atoms with E-state index >= 15 is 0 Å². The van der Waals surface area contributed by atoms with Gasteiger partial charge in [-0.2, -0.15) is 0 Å². The highest BCUT2D eigenvalue weighted by Crippen LogP contribution is 2.21. The van der Waals surface area contributed by atoms with Gasteiger partial charge in [-0.25, -0.2) is 0 Å². The summed E-state index contributed by atoms with van der Waals surface area (Å²) in [5.74, 6) is -0.631. The van der Waals surface area contributed by atoms with Crippen molar-refractivity contribution in [1.82, 2.24) is 5.32 Å². The summed E-state index contributed by atoms with van der Waals surface area (Å²) in [5.41, 5.74) is 0.734. The summed E-state index contributed by atoms with van der Waals surface area (Å²) in [5, 5.41) is 12.4. The molecule has 1 aromatic carbocycles. The number of nitrogens with one attached hydrogen (secondary N) is 1. The number of amides is 1. The number of hydrogen-bond acceptors (Lipinski definition) is 2. The first-order valence-corrected chi connectivity index (χ1v) is 7.56. The standard InChI is InChI=1S/C15H19Cl2NO3/c1-10(2-5-15(20)21)6-7-18-14(19)8-11-3-4-12(16)9-13(11)17/h3-4,9-10H,2,5-8H2,1H3,(H,18,19)(H,20,21). The van der Waals surface area contributed by atoms with Gasteiger partial charge in [0.05, 0.1) is 6.42 Å². The SMILES string of the molecule is CC(CCNC(=O)Cc1ccc(Cl)cc1Cl)CCC(=O)O. The third kappa shape index (κ3) is 7.34. The molecule has 0 fully saturated rings. The highest BCUT2D eigenvalue weighted by molar-refractivity contribution is 6.35. The first-order chi connectivity index (χ1) is 9.88. The average molecular weight is 332 g/mol. The molecule has 1 unspecified atom stereocenters. The first kappa shape index (κ1) is 17.8. The molecule has 0 aliphatic carbocycles. The van der Waals surface area contributed by atoms with Gasteiger partial charge in [-0.3, -0.25) is 9.59 Å². The maximum atomic E-state index is 11.8. The van der Waals surface area contributed by atoms with Gasteiger partial charge in [0.25, 0.3) is 0 Å². The van der Waals surface area contributed by atoms with Gasteiger partial charge in [-0.1, -0.05) is 36.2 Å². The largest absolute Gasteiger partial charge is 0.481 e. The van der Waals surface area contributed by atoms with Crippen molar-refractivity contribution in [3.8, 4) is 0 Å². The van der Waals surface area contributed by atoms with Gasteiger partial charge >= 0.3 is 5.97 Å². The van der Waals surface area contributed by atoms with E-state index in [-0.39, 0.29) is 24.7 Å². The molecular weight excluding hydrogens is 313 g/mol. The Labute approximate surface area is 134 Å². The Kier molecular flexibility index (Phi) is 7.54. The van der Waals surface area contributed by atoms with E-state index < -0.39 is 5.97 Å². The van der Waals surface area contributed by atoms with E-state index in [1.807, 2.05) is 6.92 Å². The molecule has 4 nitrogen and oxygen atoms in total. The van der Waals surface area contributed by atoms with E-state index in [1.54, 1.807) is 18.2 Å². The summed E-state index contributed by atoms with van der Waals surface area (Å²) in [7, 11) is 0. The van der Waals surface area contributed by atoms with Crippen LogP contribution < -0.4 is 5.32 Å². The lowest BCUT2D eigenvalue weighted by Gasteiger charge is -2.11. The topological polar surface area (TPSA) is 66.4 Å². The van der Waals surface area contributed by atoms with E-state index in [0.29, 0.717) is 23.0 Å². The van der Waals surface area contributed by atoms with Gasteiger partial charge in [-0.15, -0.1) is 0 Å². The predicted octanol–water partition coefficient (Wildman–Crippen LogP) is 3.54. The van der Waals surface area contributed by atoms with Crippen LogP contribution in [0.15, 0.2) is 18.2 Å². The molecule has 21 heavy (non-hydrogen) atoms. The Bertz CT molecular complexity index is 506. The summed E-state index contributed by atoms with van der Waals surface area (Å²) in [6.07, 6.45) is 1.75. The van der Waals surface area contributed by atoms with Gasteiger partial charge in [0.15, 0.2) is 0 Å². The number of aliphatic carboxylic acids is 1. The molecule has 1 rings (SSSR count). The van der Waals surface area contributed by atoms with Crippen LogP contribution in [-0.4, -0.2) is 23.5 Å². The van der Waals surface area contributed by atoms with Crippen LogP contribution in [0.25, 0.3) is 0 Å². The zero-order valence-corrected chi connectivity index (χ0v) is 13.4. The fourth-order valence-electron chi connectivity index (χ4n) is 1.87. The number of carbonyl (C=O) groups is 2. The van der Waals surface area contributed by atoms with E-state index in [4.69, 9.17) is 28.3 Å². The summed E-state index contributed by atoms with van der Waals surface area (Å²) < 4.78 is 0. The minimum atomic E-state index is -0.789. The molecule has 0 spiro atoms. The maximum absolute atomic E-state index is 11.8. The lowest BCUT2D eigenvalue weighted by atomic mass is 10.0. The van der Waals surface area contributed by atoms with E-state index in [9.17, 15) is 9.59 Å². The van der Waals surface area contributed by atoms with Crippen LogP contribution in [0.5, 0.6) is 0 Å². The molecule has 6 heteroatoms. The molecule has 0 aliphatic heterocycles. The van der Waals surface area contributed by atoms with Gasteiger partial charge in [0.1, 0.15) is 0 Å².